The lowest BCUT2D eigenvalue weighted by Gasteiger charge is -2.35. The highest BCUT2D eigenvalue weighted by Gasteiger charge is 2.34. The van der Waals surface area contributed by atoms with E-state index in [0.29, 0.717) is 25.5 Å². The lowest BCUT2D eigenvalue weighted by Crippen LogP contribution is -2.49. The number of aromatic nitrogens is 1. The van der Waals surface area contributed by atoms with Crippen molar-refractivity contribution in [3.8, 4) is 10.6 Å². The molecule has 1 atom stereocenters. The number of rotatable bonds is 4. The molecule has 0 radical (unpaired) electrons. The van der Waals surface area contributed by atoms with Crippen LogP contribution < -0.4 is 0 Å². The quantitative estimate of drug-likeness (QED) is 0.869. The molecule has 3 heterocycles. The molecule has 22 heavy (non-hydrogen) atoms. The zero-order valence-corrected chi connectivity index (χ0v) is 13.1. The van der Waals surface area contributed by atoms with E-state index < -0.39 is 0 Å². The van der Waals surface area contributed by atoms with Crippen LogP contribution in [0.4, 0.5) is 0 Å². The van der Waals surface area contributed by atoms with Gasteiger partial charge in [-0.2, -0.15) is 0 Å². The van der Waals surface area contributed by atoms with Gasteiger partial charge >= 0.3 is 0 Å². The number of ether oxygens (including phenoxy) is 1. The molecule has 1 saturated heterocycles. The maximum Gasteiger partial charge on any atom is 0.273 e. The molecule has 1 unspecified atom stereocenters. The number of nitrogens with zero attached hydrogens (tertiary/aromatic N) is 2. The third kappa shape index (κ3) is 2.80. The van der Waals surface area contributed by atoms with E-state index in [9.17, 15) is 4.79 Å². The number of thiazole rings is 1. The summed E-state index contributed by atoms with van der Waals surface area (Å²) in [7, 11) is 0. The number of hydrogen-bond donors (Lipinski definition) is 0. The zero-order valence-electron chi connectivity index (χ0n) is 12.2. The maximum atomic E-state index is 12.8. The second-order valence-electron chi connectivity index (χ2n) is 5.96. The van der Waals surface area contributed by atoms with Crippen molar-refractivity contribution in [3.05, 3.63) is 29.7 Å². The largest absolute Gasteiger partial charge is 0.472 e. The Bertz CT molecular complexity index is 648. The van der Waals surface area contributed by atoms with E-state index in [2.05, 4.69) is 4.98 Å². The van der Waals surface area contributed by atoms with Gasteiger partial charge in [0.2, 0.25) is 0 Å². The van der Waals surface area contributed by atoms with Gasteiger partial charge in [-0.15, -0.1) is 11.3 Å². The fourth-order valence-electron chi connectivity index (χ4n) is 2.89. The van der Waals surface area contributed by atoms with E-state index in [0.717, 1.165) is 22.9 Å². The predicted molar refractivity (Wildman–Crippen MR) is 82.8 cm³/mol. The molecule has 2 aromatic rings. The van der Waals surface area contributed by atoms with E-state index in [1.165, 1.54) is 24.2 Å². The van der Waals surface area contributed by atoms with Crippen molar-refractivity contribution in [3.63, 3.8) is 0 Å². The van der Waals surface area contributed by atoms with Crippen molar-refractivity contribution >= 4 is 17.2 Å². The van der Waals surface area contributed by atoms with Crippen LogP contribution in [0.1, 0.15) is 29.8 Å². The van der Waals surface area contributed by atoms with Crippen LogP contribution in [0.15, 0.2) is 28.4 Å². The molecule has 4 rings (SSSR count). The van der Waals surface area contributed by atoms with Crippen molar-refractivity contribution in [2.75, 3.05) is 19.8 Å². The molecule has 0 spiro atoms. The van der Waals surface area contributed by atoms with Crippen molar-refractivity contribution < 1.29 is 13.9 Å². The normalized spacial score (nSPS) is 22.0. The smallest absolute Gasteiger partial charge is 0.273 e. The molecule has 116 valence electrons. The number of carbonyl (C=O) groups excluding carboxylic acids is 1. The molecule has 0 N–H and O–H groups in total. The molecule has 0 bridgehead atoms. The summed E-state index contributed by atoms with van der Waals surface area (Å²) in [5.74, 6) is 0.805. The minimum Gasteiger partial charge on any atom is -0.472 e. The number of carbonyl (C=O) groups is 1. The molecule has 1 saturated carbocycles. The molecule has 0 aromatic carbocycles. The number of hydrogen-bond acceptors (Lipinski definition) is 5. The summed E-state index contributed by atoms with van der Waals surface area (Å²) in [6.07, 6.45) is 6.91. The van der Waals surface area contributed by atoms with E-state index >= 15 is 0 Å². The Morgan fingerprint density at radius 2 is 2.36 bits per heavy atom. The van der Waals surface area contributed by atoms with Gasteiger partial charge in [0, 0.05) is 17.5 Å². The van der Waals surface area contributed by atoms with Crippen LogP contribution in [0.2, 0.25) is 0 Å². The Morgan fingerprint density at radius 3 is 3.14 bits per heavy atom. The average molecular weight is 318 g/mol. The van der Waals surface area contributed by atoms with Crippen molar-refractivity contribution in [1.82, 2.24) is 9.88 Å². The molecule has 1 aliphatic heterocycles. The average Bonchev–Trinajstić information content (AvgIpc) is 3.05. The maximum absolute atomic E-state index is 12.8. The third-order valence-corrected chi connectivity index (χ3v) is 5.17. The second kappa shape index (κ2) is 5.85. The molecular weight excluding hydrogens is 300 g/mol. The van der Waals surface area contributed by atoms with Gasteiger partial charge in [0.15, 0.2) is 0 Å². The minimum absolute atomic E-state index is 0.0277. The third-order valence-electron chi connectivity index (χ3n) is 4.28. The van der Waals surface area contributed by atoms with Crippen molar-refractivity contribution in [1.29, 1.82) is 0 Å². The summed E-state index contributed by atoms with van der Waals surface area (Å²) in [4.78, 5) is 19.2. The van der Waals surface area contributed by atoms with Crippen molar-refractivity contribution in [2.24, 2.45) is 5.92 Å². The zero-order chi connectivity index (χ0) is 14.9. The molecular formula is C16H18N2O3S. The molecule has 1 amide bonds. The van der Waals surface area contributed by atoms with Crippen LogP contribution in [-0.4, -0.2) is 41.6 Å². The van der Waals surface area contributed by atoms with Crippen LogP contribution in [-0.2, 0) is 4.74 Å². The first-order valence-electron chi connectivity index (χ1n) is 7.68. The van der Waals surface area contributed by atoms with E-state index in [1.54, 1.807) is 12.5 Å². The van der Waals surface area contributed by atoms with E-state index in [4.69, 9.17) is 9.15 Å². The summed E-state index contributed by atoms with van der Waals surface area (Å²) in [6.45, 7) is 1.93. The van der Waals surface area contributed by atoms with Crippen LogP contribution in [0, 0.1) is 5.92 Å². The first-order chi connectivity index (χ1) is 10.8. The molecule has 2 fully saturated rings. The standard InChI is InChI=1S/C16H18N2O3S/c19-16(14-10-22-15(17-14)12-3-5-20-8-12)18-4-6-21-9-13(18)7-11-1-2-11/h3,5,8,10-11,13H,1-2,4,6-7,9H2. The highest BCUT2D eigenvalue weighted by Crippen LogP contribution is 2.35. The number of furan rings is 1. The Morgan fingerprint density at radius 1 is 1.45 bits per heavy atom. The molecule has 1 aliphatic carbocycles. The fourth-order valence-corrected chi connectivity index (χ4v) is 3.67. The summed E-state index contributed by atoms with van der Waals surface area (Å²) in [5, 5.41) is 2.66. The van der Waals surface area contributed by atoms with Crippen LogP contribution in [0.5, 0.6) is 0 Å². The van der Waals surface area contributed by atoms with E-state index in [-0.39, 0.29) is 11.9 Å². The van der Waals surface area contributed by atoms with Gasteiger partial charge in [-0.05, 0) is 18.4 Å². The molecule has 2 aromatic heterocycles. The monoisotopic (exact) mass is 318 g/mol. The van der Waals surface area contributed by atoms with Crippen LogP contribution in [0.3, 0.4) is 0 Å². The summed E-state index contributed by atoms with van der Waals surface area (Å²) in [6, 6.07) is 2.06. The Labute approximate surface area is 132 Å². The van der Waals surface area contributed by atoms with Gasteiger partial charge in [-0.1, -0.05) is 12.8 Å². The lowest BCUT2D eigenvalue weighted by molar-refractivity contribution is -0.00594. The predicted octanol–water partition coefficient (Wildman–Crippen LogP) is 3.04. The Hall–Kier alpha value is -1.66. The van der Waals surface area contributed by atoms with Crippen molar-refractivity contribution in [2.45, 2.75) is 25.3 Å². The molecule has 6 heteroatoms. The first-order valence-corrected chi connectivity index (χ1v) is 8.56. The van der Waals surface area contributed by atoms with Gasteiger partial charge in [-0.25, -0.2) is 4.98 Å². The fraction of sp³-hybridized carbons (Fsp3) is 0.500. The first kappa shape index (κ1) is 14.0. The summed E-state index contributed by atoms with van der Waals surface area (Å²) < 4.78 is 10.6. The Balaban J connectivity index is 1.52. The minimum atomic E-state index is 0.0277. The summed E-state index contributed by atoms with van der Waals surface area (Å²) in [5.41, 5.74) is 1.45. The topological polar surface area (TPSA) is 55.6 Å². The SMILES string of the molecule is O=C(c1csc(-c2ccoc2)n1)N1CCOCC1CC1CC1. The second-order valence-corrected chi connectivity index (χ2v) is 6.81. The number of amides is 1. The van der Waals surface area contributed by atoms with E-state index in [1.807, 2.05) is 16.3 Å². The van der Waals surface area contributed by atoms with Gasteiger partial charge < -0.3 is 14.1 Å². The van der Waals surface area contributed by atoms with Crippen LogP contribution >= 0.6 is 11.3 Å². The van der Waals surface area contributed by atoms with Gasteiger partial charge in [-0.3, -0.25) is 4.79 Å². The molecule has 5 nitrogen and oxygen atoms in total. The highest BCUT2D eigenvalue weighted by atomic mass is 32.1. The van der Waals surface area contributed by atoms with Crippen LogP contribution in [0.25, 0.3) is 10.6 Å². The number of morpholine rings is 1. The lowest BCUT2D eigenvalue weighted by atomic mass is 10.1. The van der Waals surface area contributed by atoms with Gasteiger partial charge in [0.1, 0.15) is 17.0 Å². The molecule has 2 aliphatic rings. The summed E-state index contributed by atoms with van der Waals surface area (Å²) >= 11 is 1.48. The highest BCUT2D eigenvalue weighted by molar-refractivity contribution is 7.13. The van der Waals surface area contributed by atoms with Gasteiger partial charge in [0.25, 0.3) is 5.91 Å². The van der Waals surface area contributed by atoms with Gasteiger partial charge in [0.05, 0.1) is 25.5 Å². The Kier molecular flexibility index (Phi) is 3.72.